The normalized spacial score (nSPS) is 12.6. The topological polar surface area (TPSA) is 82.8 Å². The van der Waals surface area contributed by atoms with E-state index in [9.17, 15) is 0 Å². The average molecular weight is 405 g/mol. The van der Waals surface area contributed by atoms with Crippen molar-refractivity contribution in [1.82, 2.24) is 29.3 Å². The molecule has 1 aromatic carbocycles. The Bertz CT molecular complexity index is 1150. The van der Waals surface area contributed by atoms with Crippen molar-refractivity contribution in [3.8, 4) is 23.0 Å². The van der Waals surface area contributed by atoms with E-state index >= 15 is 4.39 Å². The average Bonchev–Trinajstić information content (AvgIpc) is 3.42. The summed E-state index contributed by atoms with van der Waals surface area (Å²) in [6.07, 6.45) is 4.77. The van der Waals surface area contributed by atoms with E-state index in [0.29, 0.717) is 33.9 Å². The second-order valence-electron chi connectivity index (χ2n) is 6.25. The number of benzene rings is 1. The predicted octanol–water partition coefficient (Wildman–Crippen LogP) is 3.66. The van der Waals surface area contributed by atoms with Crippen LogP contribution in [0.25, 0.3) is 28.1 Å². The molecule has 3 heterocycles. The fraction of sp³-hybridized carbons (Fsp3) is 0.278. The van der Waals surface area contributed by atoms with Crippen LogP contribution in [-0.4, -0.2) is 43.5 Å². The second kappa shape index (κ2) is 6.92. The summed E-state index contributed by atoms with van der Waals surface area (Å²) in [6, 6.07) is 1.70. The Labute approximate surface area is 164 Å². The minimum Gasteiger partial charge on any atom is -0.495 e. The van der Waals surface area contributed by atoms with Gasteiger partial charge in [0.1, 0.15) is 22.6 Å². The largest absolute Gasteiger partial charge is 0.495 e. The molecule has 0 amide bonds. The molecule has 10 heteroatoms. The number of H-pyrrole nitrogens is 1. The maximum atomic E-state index is 15.1. The van der Waals surface area contributed by atoms with Crippen LogP contribution in [0.15, 0.2) is 24.8 Å². The first-order valence-electron chi connectivity index (χ1n) is 8.46. The zero-order valence-electron chi connectivity index (χ0n) is 15.7. The first kappa shape index (κ1) is 18.5. The molecule has 4 rings (SSSR count). The molecule has 0 radical (unpaired) electrons. The van der Waals surface area contributed by atoms with Crippen molar-refractivity contribution < 1.29 is 13.9 Å². The number of aromatic nitrogens is 6. The van der Waals surface area contributed by atoms with E-state index in [1.165, 1.54) is 7.11 Å². The smallest absolute Gasteiger partial charge is 0.200 e. The fourth-order valence-electron chi connectivity index (χ4n) is 3.23. The van der Waals surface area contributed by atoms with Gasteiger partial charge < -0.3 is 18.6 Å². The lowest BCUT2D eigenvalue weighted by molar-refractivity contribution is 0.112. The highest BCUT2D eigenvalue weighted by Gasteiger charge is 2.27. The van der Waals surface area contributed by atoms with Crippen LogP contribution in [0.4, 0.5) is 4.39 Å². The monoisotopic (exact) mass is 404 g/mol. The van der Waals surface area contributed by atoms with Gasteiger partial charge in [-0.2, -0.15) is 5.10 Å². The lowest BCUT2D eigenvalue weighted by Crippen LogP contribution is -2.00. The van der Waals surface area contributed by atoms with E-state index in [0.717, 1.165) is 0 Å². The summed E-state index contributed by atoms with van der Waals surface area (Å²) in [5, 5.41) is 7.72. The zero-order chi connectivity index (χ0) is 20.0. The number of aromatic amines is 1. The molecular weight excluding hydrogens is 387 g/mol. The van der Waals surface area contributed by atoms with Crippen LogP contribution >= 0.6 is 11.6 Å². The van der Waals surface area contributed by atoms with Gasteiger partial charge in [-0.3, -0.25) is 5.10 Å². The van der Waals surface area contributed by atoms with E-state index in [1.54, 1.807) is 48.1 Å². The molecule has 1 N–H and O–H groups in total. The van der Waals surface area contributed by atoms with Crippen LogP contribution in [-0.2, 0) is 11.8 Å². The highest BCUT2D eigenvalue weighted by Crippen LogP contribution is 2.41. The van der Waals surface area contributed by atoms with Crippen molar-refractivity contribution >= 4 is 22.5 Å². The van der Waals surface area contributed by atoms with Crippen molar-refractivity contribution in [1.29, 1.82) is 0 Å². The van der Waals surface area contributed by atoms with Gasteiger partial charge in [0, 0.05) is 31.9 Å². The third-order valence-electron chi connectivity index (χ3n) is 4.73. The van der Waals surface area contributed by atoms with Gasteiger partial charge in [0.15, 0.2) is 17.5 Å². The quantitative estimate of drug-likeness (QED) is 0.549. The van der Waals surface area contributed by atoms with Crippen LogP contribution in [0, 0.1) is 5.82 Å². The Balaban J connectivity index is 2.08. The third-order valence-corrected chi connectivity index (χ3v) is 5.09. The number of nitrogens with zero attached hydrogens (tertiary/aromatic N) is 5. The standard InChI is InChI=1S/C18H18ClFN6O2/c1-9(27-3)17-22-18(24-23-17)16-15(26-6-5-21-8-26)10-7-11(28-4)12(19)13(20)14(10)25(16)2/h5-9H,1-4H3,(H,22,23,24). The van der Waals surface area contributed by atoms with Crippen molar-refractivity contribution in [2.45, 2.75) is 13.0 Å². The summed E-state index contributed by atoms with van der Waals surface area (Å²) < 4.78 is 29.1. The van der Waals surface area contributed by atoms with Gasteiger partial charge in [-0.15, -0.1) is 0 Å². The molecule has 0 aliphatic heterocycles. The van der Waals surface area contributed by atoms with Crippen LogP contribution in [0.1, 0.15) is 18.9 Å². The predicted molar refractivity (Wildman–Crippen MR) is 102 cm³/mol. The van der Waals surface area contributed by atoms with Crippen LogP contribution < -0.4 is 4.74 Å². The molecule has 0 aliphatic rings. The van der Waals surface area contributed by atoms with Gasteiger partial charge in [0.25, 0.3) is 0 Å². The number of imidazole rings is 1. The summed E-state index contributed by atoms with van der Waals surface area (Å²) in [5.41, 5.74) is 1.58. The molecule has 4 aromatic rings. The minimum atomic E-state index is -0.577. The van der Waals surface area contributed by atoms with Crippen molar-refractivity contribution in [3.05, 3.63) is 41.5 Å². The van der Waals surface area contributed by atoms with Gasteiger partial charge in [-0.05, 0) is 13.0 Å². The van der Waals surface area contributed by atoms with Crippen molar-refractivity contribution in [2.24, 2.45) is 7.05 Å². The lowest BCUT2D eigenvalue weighted by Gasteiger charge is -2.07. The highest BCUT2D eigenvalue weighted by molar-refractivity contribution is 6.33. The molecule has 0 saturated carbocycles. The summed E-state index contributed by atoms with van der Waals surface area (Å²) in [5.74, 6) is 0.632. The van der Waals surface area contributed by atoms with Crippen molar-refractivity contribution in [2.75, 3.05) is 14.2 Å². The van der Waals surface area contributed by atoms with Crippen LogP contribution in [0.2, 0.25) is 5.02 Å². The number of hydrogen-bond acceptors (Lipinski definition) is 5. The number of fused-ring (bicyclic) bond motifs is 1. The van der Waals surface area contributed by atoms with E-state index in [1.807, 2.05) is 6.92 Å². The summed E-state index contributed by atoms with van der Waals surface area (Å²) >= 11 is 6.15. The second-order valence-corrected chi connectivity index (χ2v) is 6.63. The number of rotatable bonds is 5. The van der Waals surface area contributed by atoms with Gasteiger partial charge in [0.2, 0.25) is 0 Å². The SMILES string of the molecule is COc1cc2c(-n3ccnc3)c(-c3n[nH]c(C(C)OC)n3)n(C)c2c(F)c1Cl. The number of halogens is 2. The number of hydrogen-bond donors (Lipinski definition) is 1. The first-order valence-corrected chi connectivity index (χ1v) is 8.83. The fourth-order valence-corrected chi connectivity index (χ4v) is 3.45. The number of nitrogens with one attached hydrogen (secondary N) is 1. The van der Waals surface area contributed by atoms with E-state index in [-0.39, 0.29) is 16.9 Å². The third kappa shape index (κ3) is 2.66. The lowest BCUT2D eigenvalue weighted by atomic mass is 10.2. The molecule has 1 unspecified atom stereocenters. The summed E-state index contributed by atoms with van der Waals surface area (Å²) in [7, 11) is 4.77. The molecular formula is C18H18ClFN6O2. The number of aryl methyl sites for hydroxylation is 1. The summed E-state index contributed by atoms with van der Waals surface area (Å²) in [6.45, 7) is 1.85. The van der Waals surface area contributed by atoms with Gasteiger partial charge in [-0.1, -0.05) is 11.6 Å². The summed E-state index contributed by atoms with van der Waals surface area (Å²) in [4.78, 5) is 8.65. The molecule has 0 aliphatic carbocycles. The number of methoxy groups -OCH3 is 2. The Hall–Kier alpha value is -2.91. The Morgan fingerprint density at radius 1 is 1.32 bits per heavy atom. The molecule has 3 aromatic heterocycles. The number of ether oxygens (including phenoxy) is 2. The maximum absolute atomic E-state index is 15.1. The highest BCUT2D eigenvalue weighted by atomic mass is 35.5. The zero-order valence-corrected chi connectivity index (χ0v) is 16.5. The van der Waals surface area contributed by atoms with Gasteiger partial charge >= 0.3 is 0 Å². The van der Waals surface area contributed by atoms with Crippen LogP contribution in [0.3, 0.4) is 0 Å². The Morgan fingerprint density at radius 2 is 2.11 bits per heavy atom. The first-order chi connectivity index (χ1) is 13.5. The molecule has 146 valence electrons. The van der Waals surface area contributed by atoms with E-state index < -0.39 is 5.82 Å². The Morgan fingerprint density at radius 3 is 2.75 bits per heavy atom. The molecule has 28 heavy (non-hydrogen) atoms. The van der Waals surface area contributed by atoms with Gasteiger partial charge in [-0.25, -0.2) is 14.4 Å². The van der Waals surface area contributed by atoms with E-state index in [2.05, 4.69) is 20.2 Å². The van der Waals surface area contributed by atoms with Crippen molar-refractivity contribution in [3.63, 3.8) is 0 Å². The molecule has 0 bridgehead atoms. The van der Waals surface area contributed by atoms with Gasteiger partial charge in [0.05, 0.1) is 24.6 Å². The minimum absolute atomic E-state index is 0.0805. The Kier molecular flexibility index (Phi) is 4.56. The molecule has 0 saturated heterocycles. The van der Waals surface area contributed by atoms with E-state index in [4.69, 9.17) is 21.1 Å². The molecule has 0 spiro atoms. The molecule has 8 nitrogen and oxygen atoms in total. The van der Waals surface area contributed by atoms with Crippen LogP contribution in [0.5, 0.6) is 5.75 Å². The maximum Gasteiger partial charge on any atom is 0.200 e. The molecule has 0 fully saturated rings. The molecule has 1 atom stereocenters.